The van der Waals surface area contributed by atoms with Crippen LogP contribution >= 0.6 is 11.8 Å². The fraction of sp³-hybridized carbons (Fsp3) is 0.917. The molecule has 0 aromatic heterocycles. The maximum atomic E-state index is 4.55. The van der Waals surface area contributed by atoms with E-state index in [0.29, 0.717) is 12.0 Å². The van der Waals surface area contributed by atoms with E-state index in [1.807, 2.05) is 11.8 Å². The van der Waals surface area contributed by atoms with Gasteiger partial charge < -0.3 is 10.6 Å². The molecule has 0 rings (SSSR count). The lowest BCUT2D eigenvalue weighted by molar-refractivity contribution is 0.481. The molecule has 2 N–H and O–H groups in total. The van der Waals surface area contributed by atoms with Crippen molar-refractivity contribution in [1.82, 2.24) is 10.6 Å². The molecule has 0 saturated heterocycles. The number of rotatable bonds is 7. The molecule has 0 bridgehead atoms. The number of hydrogen-bond acceptors (Lipinski definition) is 2. The van der Waals surface area contributed by atoms with Crippen molar-refractivity contribution >= 4 is 17.7 Å². The summed E-state index contributed by atoms with van der Waals surface area (Å²) in [5, 5.41) is 6.70. The molecule has 0 aromatic carbocycles. The molecule has 16 heavy (non-hydrogen) atoms. The van der Waals surface area contributed by atoms with Crippen LogP contribution in [0.25, 0.3) is 0 Å². The van der Waals surface area contributed by atoms with Crippen molar-refractivity contribution in [1.29, 1.82) is 0 Å². The lowest BCUT2D eigenvalue weighted by Gasteiger charge is -2.20. The van der Waals surface area contributed by atoms with Crippen LogP contribution in [-0.4, -0.2) is 37.1 Å². The van der Waals surface area contributed by atoms with E-state index in [9.17, 15) is 0 Å². The van der Waals surface area contributed by atoms with Crippen molar-refractivity contribution in [3.63, 3.8) is 0 Å². The summed E-state index contributed by atoms with van der Waals surface area (Å²) in [6.45, 7) is 10.5. The van der Waals surface area contributed by atoms with Crippen LogP contribution in [0.5, 0.6) is 0 Å². The molecule has 0 aliphatic carbocycles. The Bertz CT molecular complexity index is 193. The highest BCUT2D eigenvalue weighted by Crippen LogP contribution is 1.99. The van der Waals surface area contributed by atoms with E-state index >= 15 is 0 Å². The summed E-state index contributed by atoms with van der Waals surface area (Å²) < 4.78 is 0. The molecule has 1 atom stereocenters. The molecule has 0 amide bonds. The van der Waals surface area contributed by atoms with Gasteiger partial charge in [0, 0.05) is 19.1 Å². The van der Waals surface area contributed by atoms with Crippen molar-refractivity contribution < 1.29 is 0 Å². The Balaban J connectivity index is 4.04. The Hall–Kier alpha value is -0.380. The van der Waals surface area contributed by atoms with Crippen LogP contribution in [0, 0.1) is 5.92 Å². The van der Waals surface area contributed by atoms with Gasteiger partial charge in [0.05, 0.1) is 0 Å². The monoisotopic (exact) mass is 245 g/mol. The molecule has 0 fully saturated rings. The van der Waals surface area contributed by atoms with Gasteiger partial charge in [-0.15, -0.1) is 0 Å². The molecule has 0 radical (unpaired) electrons. The largest absolute Gasteiger partial charge is 0.357 e. The smallest absolute Gasteiger partial charge is 0.191 e. The van der Waals surface area contributed by atoms with Gasteiger partial charge in [0.2, 0.25) is 0 Å². The Morgan fingerprint density at radius 3 is 2.50 bits per heavy atom. The lowest BCUT2D eigenvalue weighted by atomic mass is 10.1. The SMILES string of the molecule is CCNC(=NCCCSC)NC(C)C(C)C. The van der Waals surface area contributed by atoms with Crippen molar-refractivity contribution in [3.05, 3.63) is 0 Å². The molecule has 96 valence electrons. The quantitative estimate of drug-likeness (QED) is 0.411. The van der Waals surface area contributed by atoms with E-state index in [1.54, 1.807) is 0 Å². The van der Waals surface area contributed by atoms with Crippen molar-refractivity contribution in [2.24, 2.45) is 10.9 Å². The van der Waals surface area contributed by atoms with Gasteiger partial charge in [0.25, 0.3) is 0 Å². The average Bonchev–Trinajstić information content (AvgIpc) is 2.24. The molecular weight excluding hydrogens is 218 g/mol. The third-order valence-corrected chi connectivity index (χ3v) is 3.18. The molecule has 0 heterocycles. The fourth-order valence-electron chi connectivity index (χ4n) is 1.10. The third kappa shape index (κ3) is 7.85. The van der Waals surface area contributed by atoms with Crippen LogP contribution in [0.2, 0.25) is 0 Å². The van der Waals surface area contributed by atoms with Gasteiger partial charge in [-0.1, -0.05) is 13.8 Å². The standard InChI is InChI=1S/C12H27N3S/c1-6-13-12(14-8-7-9-16-5)15-11(4)10(2)3/h10-11H,6-9H2,1-5H3,(H2,13,14,15). The average molecular weight is 245 g/mol. The highest BCUT2D eigenvalue weighted by molar-refractivity contribution is 7.98. The molecule has 4 heteroatoms. The summed E-state index contributed by atoms with van der Waals surface area (Å²) in [5.41, 5.74) is 0. The molecule has 0 saturated carbocycles. The molecule has 0 aromatic rings. The van der Waals surface area contributed by atoms with Gasteiger partial charge in [-0.2, -0.15) is 11.8 Å². The molecule has 1 unspecified atom stereocenters. The number of nitrogens with one attached hydrogen (secondary N) is 2. The van der Waals surface area contributed by atoms with Gasteiger partial charge in [-0.25, -0.2) is 0 Å². The summed E-state index contributed by atoms with van der Waals surface area (Å²) in [7, 11) is 0. The maximum Gasteiger partial charge on any atom is 0.191 e. The number of hydrogen-bond donors (Lipinski definition) is 2. The number of thioether (sulfide) groups is 1. The molecule has 3 nitrogen and oxygen atoms in total. The summed E-state index contributed by atoms with van der Waals surface area (Å²) in [4.78, 5) is 4.55. The van der Waals surface area contributed by atoms with Crippen LogP contribution in [0.3, 0.4) is 0 Å². The van der Waals surface area contributed by atoms with Gasteiger partial charge in [-0.05, 0) is 38.2 Å². The fourth-order valence-corrected chi connectivity index (χ4v) is 1.52. The van der Waals surface area contributed by atoms with Crippen LogP contribution in [0.4, 0.5) is 0 Å². The number of guanidine groups is 1. The Kier molecular flexibility index (Phi) is 9.59. The van der Waals surface area contributed by atoms with E-state index in [1.165, 1.54) is 5.75 Å². The summed E-state index contributed by atoms with van der Waals surface area (Å²) in [5.74, 6) is 2.75. The van der Waals surface area contributed by atoms with E-state index in [2.05, 4.69) is 49.6 Å². The minimum Gasteiger partial charge on any atom is -0.357 e. The molecule has 0 spiro atoms. The first kappa shape index (κ1) is 15.6. The van der Waals surface area contributed by atoms with Crippen LogP contribution in [0.1, 0.15) is 34.1 Å². The number of nitrogens with zero attached hydrogens (tertiary/aromatic N) is 1. The predicted octanol–water partition coefficient (Wildman–Crippen LogP) is 2.34. The highest BCUT2D eigenvalue weighted by Gasteiger charge is 2.08. The zero-order valence-electron chi connectivity index (χ0n) is 11.3. The zero-order valence-corrected chi connectivity index (χ0v) is 12.2. The normalized spacial score (nSPS) is 14.0. The van der Waals surface area contributed by atoms with Gasteiger partial charge in [0.15, 0.2) is 5.96 Å². The van der Waals surface area contributed by atoms with Crippen LogP contribution in [-0.2, 0) is 0 Å². The van der Waals surface area contributed by atoms with Gasteiger partial charge in [-0.3, -0.25) is 4.99 Å². The predicted molar refractivity (Wildman–Crippen MR) is 76.4 cm³/mol. The molecule has 0 aliphatic heterocycles. The van der Waals surface area contributed by atoms with Crippen LogP contribution < -0.4 is 10.6 Å². The summed E-state index contributed by atoms with van der Waals surface area (Å²) in [6, 6.07) is 0.457. The zero-order chi connectivity index (χ0) is 12.4. The second kappa shape index (κ2) is 9.82. The van der Waals surface area contributed by atoms with Crippen LogP contribution in [0.15, 0.2) is 4.99 Å². The second-order valence-electron chi connectivity index (χ2n) is 4.28. The lowest BCUT2D eigenvalue weighted by Crippen LogP contribution is -2.44. The van der Waals surface area contributed by atoms with E-state index in [0.717, 1.165) is 25.5 Å². The molecular formula is C12H27N3S. The first-order chi connectivity index (χ1) is 7.61. The third-order valence-electron chi connectivity index (χ3n) is 2.49. The first-order valence-electron chi connectivity index (χ1n) is 6.15. The van der Waals surface area contributed by atoms with E-state index in [4.69, 9.17) is 0 Å². The van der Waals surface area contributed by atoms with Crippen molar-refractivity contribution in [2.75, 3.05) is 25.1 Å². The Morgan fingerprint density at radius 2 is 2.00 bits per heavy atom. The number of aliphatic imine (C=N–C) groups is 1. The first-order valence-corrected chi connectivity index (χ1v) is 7.55. The Morgan fingerprint density at radius 1 is 1.31 bits per heavy atom. The van der Waals surface area contributed by atoms with Gasteiger partial charge >= 0.3 is 0 Å². The summed E-state index contributed by atoms with van der Waals surface area (Å²) in [6.07, 6.45) is 3.28. The maximum absolute atomic E-state index is 4.55. The summed E-state index contributed by atoms with van der Waals surface area (Å²) >= 11 is 1.88. The van der Waals surface area contributed by atoms with Crippen molar-refractivity contribution in [3.8, 4) is 0 Å². The van der Waals surface area contributed by atoms with E-state index < -0.39 is 0 Å². The topological polar surface area (TPSA) is 36.4 Å². The highest BCUT2D eigenvalue weighted by atomic mass is 32.2. The minimum absolute atomic E-state index is 0.457. The van der Waals surface area contributed by atoms with Gasteiger partial charge in [0.1, 0.15) is 0 Å². The van der Waals surface area contributed by atoms with E-state index in [-0.39, 0.29) is 0 Å². The van der Waals surface area contributed by atoms with Crippen molar-refractivity contribution in [2.45, 2.75) is 40.2 Å². The minimum atomic E-state index is 0.457. The molecule has 0 aliphatic rings. The second-order valence-corrected chi connectivity index (χ2v) is 5.27. The Labute approximate surface area is 105 Å².